The lowest BCUT2D eigenvalue weighted by Crippen LogP contribution is -2.47. The number of thiophene rings is 1. The average Bonchev–Trinajstić information content (AvgIpc) is 3.73. The van der Waals surface area contributed by atoms with E-state index in [0.29, 0.717) is 29.2 Å². The number of aryl methyl sites for hydroxylation is 1. The van der Waals surface area contributed by atoms with Gasteiger partial charge in [0.15, 0.2) is 5.78 Å². The van der Waals surface area contributed by atoms with Gasteiger partial charge < -0.3 is 23.8 Å². The molecule has 0 spiro atoms. The van der Waals surface area contributed by atoms with Gasteiger partial charge in [0.05, 0.1) is 16.1 Å². The molecule has 0 saturated heterocycles. The summed E-state index contributed by atoms with van der Waals surface area (Å²) < 4.78 is 22.9. The Kier molecular flexibility index (Phi) is 14.1. The number of hydrogen-bond donors (Lipinski definition) is 2. The number of Topliss-reactive ketones (excluding diaryl/α,β-unsaturated/α-hetero) is 1. The van der Waals surface area contributed by atoms with Crippen molar-refractivity contribution in [3.63, 3.8) is 0 Å². The van der Waals surface area contributed by atoms with Crippen molar-refractivity contribution in [3.05, 3.63) is 93.9 Å². The van der Waals surface area contributed by atoms with E-state index in [4.69, 9.17) is 18.9 Å². The zero-order chi connectivity index (χ0) is 44.9. The van der Waals surface area contributed by atoms with Crippen molar-refractivity contribution in [2.24, 2.45) is 4.99 Å². The molecular weight excluding hydrogens is 801 g/mol. The summed E-state index contributed by atoms with van der Waals surface area (Å²) in [7, 11) is 0. The highest BCUT2D eigenvalue weighted by atomic mass is 32.1. The van der Waals surface area contributed by atoms with Crippen LogP contribution in [0.15, 0.2) is 71.7 Å². The minimum absolute atomic E-state index is 0.0110. The second-order valence-electron chi connectivity index (χ2n) is 17.8. The number of guanidine groups is 1. The van der Waals surface area contributed by atoms with Gasteiger partial charge in [0.2, 0.25) is 11.9 Å². The number of nitrogens with zero attached hydrogens (tertiary/aromatic N) is 2. The van der Waals surface area contributed by atoms with Crippen LogP contribution in [0, 0.1) is 0 Å². The first kappa shape index (κ1) is 46.0. The maximum Gasteiger partial charge on any atom is 0.414 e. The quantitative estimate of drug-likeness (QED) is 0.0390. The third kappa shape index (κ3) is 14.0. The fraction of sp³-hybridized carbons (Fsp3) is 0.413. The largest absolute Gasteiger partial charge is 0.459 e. The Bertz CT molecular complexity index is 2310. The highest BCUT2D eigenvalue weighted by Gasteiger charge is 2.30. The molecule has 0 fully saturated rings. The van der Waals surface area contributed by atoms with E-state index < -0.39 is 40.9 Å². The van der Waals surface area contributed by atoms with E-state index in [1.54, 1.807) is 74.4 Å². The molecule has 61 heavy (non-hydrogen) atoms. The predicted molar refractivity (Wildman–Crippen MR) is 232 cm³/mol. The molecule has 1 atom stereocenters. The molecule has 14 nitrogen and oxygen atoms in total. The third-order valence-corrected chi connectivity index (χ3v) is 10.1. The summed E-state index contributed by atoms with van der Waals surface area (Å²) in [4.78, 5) is 83.6. The number of rotatable bonds is 10. The Labute approximate surface area is 360 Å². The molecule has 3 aromatic carbocycles. The Hall–Kier alpha value is -6.09. The Morgan fingerprint density at radius 3 is 1.98 bits per heavy atom. The van der Waals surface area contributed by atoms with Crippen molar-refractivity contribution in [3.8, 4) is 5.75 Å². The minimum Gasteiger partial charge on any atom is -0.459 e. The fourth-order valence-corrected chi connectivity index (χ4v) is 7.44. The molecule has 1 aliphatic rings. The number of hydrogen-bond acceptors (Lipinski definition) is 12. The van der Waals surface area contributed by atoms with Crippen LogP contribution in [-0.2, 0) is 36.8 Å². The summed E-state index contributed by atoms with van der Waals surface area (Å²) in [5.41, 5.74) is 0.955. The zero-order valence-corrected chi connectivity index (χ0v) is 37.2. The molecule has 324 valence electrons. The predicted octanol–water partition coefficient (Wildman–Crippen LogP) is 9.15. The second kappa shape index (κ2) is 18.7. The van der Waals surface area contributed by atoms with Crippen LogP contribution in [0.25, 0.3) is 10.1 Å². The SMILES string of the molecule is CC(=O)c1cc2cc(CN(CC(=O)OC(C)(C)C)C(=O)CC3CCc4cc(OC(=O)c5ccc(N=C(NC(=O)OC(C)(C)C)NC(=O)OC(C)(C)C)cc5)ccc43)ccc2s1. The van der Waals surface area contributed by atoms with Crippen LogP contribution in [0.5, 0.6) is 5.75 Å². The number of ether oxygens (including phenoxy) is 4. The number of carbonyl (C=O) groups excluding carboxylic acids is 6. The Balaban J connectivity index is 1.25. The van der Waals surface area contributed by atoms with E-state index in [-0.39, 0.29) is 48.6 Å². The van der Waals surface area contributed by atoms with Crippen molar-refractivity contribution in [2.45, 2.75) is 118 Å². The van der Waals surface area contributed by atoms with Crippen molar-refractivity contribution < 1.29 is 47.7 Å². The number of alkyl carbamates (subject to hydrolysis) is 2. The van der Waals surface area contributed by atoms with Crippen LogP contribution < -0.4 is 15.4 Å². The number of ketones is 1. The van der Waals surface area contributed by atoms with E-state index in [0.717, 1.165) is 26.8 Å². The number of benzene rings is 3. The van der Waals surface area contributed by atoms with Crippen LogP contribution in [-0.4, -0.2) is 70.0 Å². The van der Waals surface area contributed by atoms with Gasteiger partial charge in [-0.1, -0.05) is 12.1 Å². The van der Waals surface area contributed by atoms with E-state index >= 15 is 0 Å². The van der Waals surface area contributed by atoms with E-state index in [9.17, 15) is 28.8 Å². The van der Waals surface area contributed by atoms with Crippen molar-refractivity contribution >= 4 is 68.9 Å². The molecule has 1 aliphatic carbocycles. The molecule has 1 unspecified atom stereocenters. The summed E-state index contributed by atoms with van der Waals surface area (Å²) >= 11 is 1.42. The van der Waals surface area contributed by atoms with Gasteiger partial charge in [0.25, 0.3) is 0 Å². The lowest BCUT2D eigenvalue weighted by atomic mass is 9.97. The number of fused-ring (bicyclic) bond motifs is 2. The monoisotopic (exact) mass is 854 g/mol. The van der Waals surface area contributed by atoms with Crippen LogP contribution in [0.4, 0.5) is 15.3 Å². The summed E-state index contributed by atoms with van der Waals surface area (Å²) in [6.45, 7) is 17.0. The smallest absolute Gasteiger partial charge is 0.414 e. The summed E-state index contributed by atoms with van der Waals surface area (Å²) in [5, 5.41) is 5.74. The van der Waals surface area contributed by atoms with Crippen LogP contribution in [0.2, 0.25) is 0 Å². The van der Waals surface area contributed by atoms with Gasteiger partial charge in [0, 0.05) is 17.7 Å². The number of nitrogens with one attached hydrogen (secondary N) is 2. The van der Waals surface area contributed by atoms with Gasteiger partial charge in [-0.25, -0.2) is 19.4 Å². The van der Waals surface area contributed by atoms with Gasteiger partial charge in [-0.05, 0) is 165 Å². The summed E-state index contributed by atoms with van der Waals surface area (Å²) in [6, 6.07) is 19.0. The molecule has 2 N–H and O–H groups in total. The maximum absolute atomic E-state index is 14.0. The highest BCUT2D eigenvalue weighted by molar-refractivity contribution is 7.20. The first-order valence-corrected chi connectivity index (χ1v) is 20.8. The van der Waals surface area contributed by atoms with E-state index in [1.165, 1.54) is 47.4 Å². The van der Waals surface area contributed by atoms with Gasteiger partial charge in [-0.3, -0.25) is 25.0 Å². The van der Waals surface area contributed by atoms with E-state index in [2.05, 4.69) is 15.6 Å². The first-order chi connectivity index (χ1) is 28.4. The fourth-order valence-electron chi connectivity index (χ4n) is 6.50. The van der Waals surface area contributed by atoms with Gasteiger partial charge in [-0.2, -0.15) is 0 Å². The Morgan fingerprint density at radius 1 is 0.770 bits per heavy atom. The first-order valence-electron chi connectivity index (χ1n) is 20.0. The number of esters is 2. The molecule has 0 radical (unpaired) electrons. The molecule has 1 aromatic heterocycles. The maximum atomic E-state index is 14.0. The molecule has 5 rings (SSSR count). The molecule has 4 aromatic rings. The van der Waals surface area contributed by atoms with Gasteiger partial charge in [-0.15, -0.1) is 11.3 Å². The molecule has 15 heteroatoms. The lowest BCUT2D eigenvalue weighted by Gasteiger charge is -2.26. The summed E-state index contributed by atoms with van der Waals surface area (Å²) in [5.74, 6) is -1.35. The van der Waals surface area contributed by atoms with E-state index in [1.807, 2.05) is 30.3 Å². The van der Waals surface area contributed by atoms with Gasteiger partial charge >= 0.3 is 24.1 Å². The molecular formula is C46H54N4O10S. The second-order valence-corrected chi connectivity index (χ2v) is 18.9. The zero-order valence-electron chi connectivity index (χ0n) is 36.3. The van der Waals surface area contributed by atoms with Crippen molar-refractivity contribution in [1.82, 2.24) is 15.5 Å². The van der Waals surface area contributed by atoms with Crippen LogP contribution >= 0.6 is 11.3 Å². The average molecular weight is 855 g/mol. The number of aliphatic imine (C=N–C) groups is 1. The summed E-state index contributed by atoms with van der Waals surface area (Å²) in [6.07, 6.45) is -0.153. The normalized spacial score (nSPS) is 13.7. The van der Waals surface area contributed by atoms with Crippen LogP contribution in [0.1, 0.15) is 125 Å². The third-order valence-electron chi connectivity index (χ3n) is 8.92. The molecule has 3 amide bonds. The van der Waals surface area contributed by atoms with Crippen molar-refractivity contribution in [2.75, 3.05) is 6.54 Å². The standard InChI is InChI=1S/C46H54N4O10S/c1-27(51)37-23-32-21-28(11-20-36(32)61-37)25-50(26-39(53)58-44(2,3)4)38(52)24-31-13-12-30-22-34(18-19-35(30)31)57-40(54)29-14-16-33(17-15-29)47-41(48-42(55)59-45(5,6)7)49-43(56)60-46(8,9)10/h11,14-23,31H,12-13,24-26H2,1-10H3,(H2,47,48,49,55,56). The number of carbonyl (C=O) groups is 6. The Morgan fingerprint density at radius 2 is 1.39 bits per heavy atom. The van der Waals surface area contributed by atoms with Crippen LogP contribution in [0.3, 0.4) is 0 Å². The molecule has 1 heterocycles. The minimum atomic E-state index is -0.843. The lowest BCUT2D eigenvalue weighted by molar-refractivity contribution is -0.159. The van der Waals surface area contributed by atoms with Gasteiger partial charge in [0.1, 0.15) is 29.1 Å². The molecule has 0 aliphatic heterocycles. The molecule has 0 saturated carbocycles. The number of amides is 3. The molecule has 0 bridgehead atoms. The topological polar surface area (TPSA) is 179 Å². The highest BCUT2D eigenvalue weighted by Crippen LogP contribution is 2.38. The van der Waals surface area contributed by atoms with Crippen molar-refractivity contribution in [1.29, 1.82) is 0 Å².